The number of methoxy groups -OCH3 is 1. The van der Waals surface area contributed by atoms with Crippen LogP contribution in [0.25, 0.3) is 11.0 Å². The Morgan fingerprint density at radius 3 is 2.75 bits per heavy atom. The number of hydrogen-bond donors (Lipinski definition) is 1. The summed E-state index contributed by atoms with van der Waals surface area (Å²) in [6.07, 6.45) is 0.696. The van der Waals surface area contributed by atoms with Crippen LogP contribution in [0.4, 0.5) is 0 Å². The number of benzene rings is 2. The summed E-state index contributed by atoms with van der Waals surface area (Å²) in [5.41, 5.74) is 2.83. The van der Waals surface area contributed by atoms with Crippen LogP contribution in [0, 0.1) is 0 Å². The smallest absolute Gasteiger partial charge is 0.119 e. The molecule has 5 heteroatoms. The predicted octanol–water partition coefficient (Wildman–Crippen LogP) is 4.47. The van der Waals surface area contributed by atoms with Gasteiger partial charge in [-0.1, -0.05) is 35.3 Å². The molecule has 1 N–H and O–H groups in total. The van der Waals surface area contributed by atoms with Gasteiger partial charge in [-0.15, -0.1) is 0 Å². The molecule has 0 fully saturated rings. The highest BCUT2D eigenvalue weighted by atomic mass is 35.5. The minimum absolute atomic E-state index is 0.513. The number of hydrogen-bond acceptors (Lipinski definition) is 2. The van der Waals surface area contributed by atoms with E-state index in [0.29, 0.717) is 16.5 Å². The van der Waals surface area contributed by atoms with Crippen LogP contribution in [0.1, 0.15) is 11.4 Å². The van der Waals surface area contributed by atoms with Gasteiger partial charge >= 0.3 is 0 Å². The predicted molar refractivity (Wildman–Crippen MR) is 81.9 cm³/mol. The highest BCUT2D eigenvalue weighted by Crippen LogP contribution is 2.27. The third-order valence-corrected chi connectivity index (χ3v) is 3.80. The summed E-state index contributed by atoms with van der Waals surface area (Å²) in [7, 11) is 1.66. The maximum Gasteiger partial charge on any atom is 0.119 e. The van der Waals surface area contributed by atoms with Crippen LogP contribution >= 0.6 is 23.2 Å². The first kappa shape index (κ1) is 13.3. The summed E-state index contributed by atoms with van der Waals surface area (Å²) in [4.78, 5) is 7.78. The Balaban J connectivity index is 1.94. The lowest BCUT2D eigenvalue weighted by molar-refractivity contribution is 0.414. The molecule has 0 saturated carbocycles. The summed E-state index contributed by atoms with van der Waals surface area (Å²) in [5.74, 6) is 1.70. The van der Waals surface area contributed by atoms with E-state index < -0.39 is 0 Å². The van der Waals surface area contributed by atoms with Crippen LogP contribution in [0.3, 0.4) is 0 Å². The van der Waals surface area contributed by atoms with Crippen LogP contribution in [0.15, 0.2) is 36.4 Å². The highest BCUT2D eigenvalue weighted by molar-refractivity contribution is 6.42. The fourth-order valence-electron chi connectivity index (χ4n) is 2.12. The van der Waals surface area contributed by atoms with E-state index in [1.807, 2.05) is 24.3 Å². The lowest BCUT2D eigenvalue weighted by atomic mass is 10.1. The van der Waals surface area contributed by atoms with Gasteiger partial charge in [-0.25, -0.2) is 4.98 Å². The monoisotopic (exact) mass is 306 g/mol. The Hall–Kier alpha value is -1.71. The zero-order valence-electron chi connectivity index (χ0n) is 10.8. The zero-order chi connectivity index (χ0) is 14.1. The van der Waals surface area contributed by atoms with Gasteiger partial charge in [0.05, 0.1) is 28.2 Å². The van der Waals surface area contributed by atoms with Gasteiger partial charge in [0.2, 0.25) is 0 Å². The number of aromatic nitrogens is 2. The van der Waals surface area contributed by atoms with Crippen molar-refractivity contribution < 1.29 is 4.74 Å². The van der Waals surface area contributed by atoms with Gasteiger partial charge < -0.3 is 9.72 Å². The molecule has 3 nitrogen and oxygen atoms in total. The van der Waals surface area contributed by atoms with E-state index in [4.69, 9.17) is 27.9 Å². The fourth-order valence-corrected chi connectivity index (χ4v) is 2.44. The fraction of sp³-hybridized carbons (Fsp3) is 0.133. The molecule has 0 atom stereocenters. The van der Waals surface area contributed by atoms with E-state index in [2.05, 4.69) is 9.97 Å². The number of nitrogens with zero attached hydrogens (tertiary/aromatic N) is 1. The maximum atomic E-state index is 6.00. The number of nitrogens with one attached hydrogen (secondary N) is 1. The van der Waals surface area contributed by atoms with Gasteiger partial charge in [-0.3, -0.25) is 0 Å². The van der Waals surface area contributed by atoms with Crippen molar-refractivity contribution >= 4 is 34.2 Å². The molecule has 0 aliphatic heterocycles. The molecular formula is C15H12Cl2N2O. The first-order chi connectivity index (χ1) is 9.65. The second-order valence-corrected chi connectivity index (χ2v) is 5.31. The van der Waals surface area contributed by atoms with Gasteiger partial charge in [0.1, 0.15) is 11.6 Å². The van der Waals surface area contributed by atoms with Gasteiger partial charge in [-0.05, 0) is 29.8 Å². The lowest BCUT2D eigenvalue weighted by Crippen LogP contribution is -1.91. The number of H-pyrrole nitrogens is 1. The first-order valence-corrected chi connectivity index (χ1v) is 6.88. The number of aromatic amines is 1. The molecule has 1 aromatic heterocycles. The van der Waals surface area contributed by atoms with Gasteiger partial charge in [0.25, 0.3) is 0 Å². The van der Waals surface area contributed by atoms with Crippen molar-refractivity contribution in [1.29, 1.82) is 0 Å². The summed E-state index contributed by atoms with van der Waals surface area (Å²) >= 11 is 12.0. The van der Waals surface area contributed by atoms with E-state index in [-0.39, 0.29) is 0 Å². The number of halogens is 2. The normalized spacial score (nSPS) is 10.9. The lowest BCUT2D eigenvalue weighted by Gasteiger charge is -2.02. The van der Waals surface area contributed by atoms with E-state index in [1.54, 1.807) is 19.2 Å². The Labute approximate surface area is 126 Å². The quantitative estimate of drug-likeness (QED) is 0.775. The molecule has 0 unspecified atom stereocenters. The van der Waals surface area contributed by atoms with Crippen molar-refractivity contribution in [3.8, 4) is 5.75 Å². The van der Waals surface area contributed by atoms with Gasteiger partial charge in [0.15, 0.2) is 0 Å². The number of fused-ring (bicyclic) bond motifs is 1. The molecule has 0 saturated heterocycles. The topological polar surface area (TPSA) is 37.9 Å². The van der Waals surface area contributed by atoms with E-state index in [1.165, 1.54) is 0 Å². The van der Waals surface area contributed by atoms with Crippen molar-refractivity contribution in [2.75, 3.05) is 7.11 Å². The average molecular weight is 307 g/mol. The van der Waals surface area contributed by atoms with Crippen LogP contribution < -0.4 is 4.74 Å². The molecule has 3 aromatic rings. The molecule has 0 aliphatic rings. The Morgan fingerprint density at radius 2 is 1.95 bits per heavy atom. The molecule has 1 heterocycles. The van der Waals surface area contributed by atoms with E-state index in [0.717, 1.165) is 28.2 Å². The number of rotatable bonds is 3. The Morgan fingerprint density at radius 1 is 1.15 bits per heavy atom. The SMILES string of the molecule is COc1cccc(Cc2nc3cc(Cl)c(Cl)cc3[nH]2)c1. The van der Waals surface area contributed by atoms with Crippen molar-refractivity contribution in [3.63, 3.8) is 0 Å². The largest absolute Gasteiger partial charge is 0.497 e. The summed E-state index contributed by atoms with van der Waals surface area (Å²) in [6, 6.07) is 11.5. The summed E-state index contributed by atoms with van der Waals surface area (Å²) < 4.78 is 5.22. The Kier molecular flexibility index (Phi) is 3.55. The molecular weight excluding hydrogens is 295 g/mol. The molecule has 2 aromatic carbocycles. The summed E-state index contributed by atoms with van der Waals surface area (Å²) in [5, 5.41) is 1.04. The van der Waals surface area contributed by atoms with Crippen molar-refractivity contribution in [3.05, 3.63) is 57.8 Å². The number of ether oxygens (including phenoxy) is 1. The molecule has 0 bridgehead atoms. The van der Waals surface area contributed by atoms with Crippen LogP contribution in [0.5, 0.6) is 5.75 Å². The molecule has 0 amide bonds. The van der Waals surface area contributed by atoms with E-state index in [9.17, 15) is 0 Å². The standard InChI is InChI=1S/C15H12Cl2N2O/c1-20-10-4-2-3-9(5-10)6-15-18-13-7-11(16)12(17)8-14(13)19-15/h2-5,7-8H,6H2,1H3,(H,18,19). The van der Waals surface area contributed by atoms with Gasteiger partial charge in [-0.2, -0.15) is 0 Å². The van der Waals surface area contributed by atoms with Crippen molar-refractivity contribution in [2.24, 2.45) is 0 Å². The molecule has 20 heavy (non-hydrogen) atoms. The van der Waals surface area contributed by atoms with Gasteiger partial charge in [0, 0.05) is 6.42 Å². The average Bonchev–Trinajstić information content (AvgIpc) is 2.80. The zero-order valence-corrected chi connectivity index (χ0v) is 12.3. The summed E-state index contributed by atoms with van der Waals surface area (Å²) in [6.45, 7) is 0. The molecule has 0 aliphatic carbocycles. The van der Waals surface area contributed by atoms with E-state index >= 15 is 0 Å². The van der Waals surface area contributed by atoms with Crippen molar-refractivity contribution in [1.82, 2.24) is 9.97 Å². The molecule has 0 radical (unpaired) electrons. The minimum atomic E-state index is 0.513. The third kappa shape index (κ3) is 2.60. The van der Waals surface area contributed by atoms with Crippen molar-refractivity contribution in [2.45, 2.75) is 6.42 Å². The molecule has 102 valence electrons. The minimum Gasteiger partial charge on any atom is -0.497 e. The Bertz CT molecular complexity index is 729. The van der Waals surface area contributed by atoms with Crippen LogP contribution in [-0.2, 0) is 6.42 Å². The van der Waals surface area contributed by atoms with Crippen LogP contribution in [0.2, 0.25) is 10.0 Å². The third-order valence-electron chi connectivity index (χ3n) is 3.08. The first-order valence-electron chi connectivity index (χ1n) is 6.12. The number of imidazole rings is 1. The van der Waals surface area contributed by atoms with Crippen LogP contribution in [-0.4, -0.2) is 17.1 Å². The molecule has 3 rings (SSSR count). The maximum absolute atomic E-state index is 6.00. The second-order valence-electron chi connectivity index (χ2n) is 4.50. The molecule has 0 spiro atoms. The highest BCUT2D eigenvalue weighted by Gasteiger charge is 2.07. The second kappa shape index (κ2) is 5.35.